The van der Waals surface area contributed by atoms with Crippen LogP contribution in [0.1, 0.15) is 69.2 Å². The van der Waals surface area contributed by atoms with Crippen molar-refractivity contribution in [2.75, 3.05) is 7.11 Å². The average molecular weight is 516 g/mol. The number of ketones is 1. The first-order valence-corrected chi connectivity index (χ1v) is 11.3. The van der Waals surface area contributed by atoms with Crippen LogP contribution < -0.4 is 0 Å². The Bertz CT molecular complexity index is 1390. The number of phenolic OH excluding ortho intramolecular Hbond substituents is 2. The lowest BCUT2D eigenvalue weighted by Gasteiger charge is -2.25. The Hall–Kier alpha value is -3.69. The predicted molar refractivity (Wildman–Crippen MR) is 127 cm³/mol. The smallest absolute Gasteiger partial charge is 0.306 e. The molecule has 1 aliphatic rings. The summed E-state index contributed by atoms with van der Waals surface area (Å²) in [4.78, 5) is 29.0. The number of rotatable bonds is 6. The molecule has 2 atom stereocenters. The van der Waals surface area contributed by atoms with E-state index < -0.39 is 41.1 Å². The number of aromatic hydroxyl groups is 3. The first-order chi connectivity index (χ1) is 17.0. The minimum absolute atomic E-state index is 0.0562. The molecule has 8 nitrogen and oxygen atoms in total. The lowest BCUT2D eigenvalue weighted by molar-refractivity contribution is -0.140. The number of esters is 1. The molecule has 4 rings (SSSR count). The van der Waals surface area contributed by atoms with Crippen LogP contribution in [-0.2, 0) is 20.9 Å². The van der Waals surface area contributed by atoms with Crippen molar-refractivity contribution >= 4 is 23.4 Å². The molecular formula is C26H23ClFNO7. The molecule has 3 aromatic rings. The fourth-order valence-corrected chi connectivity index (χ4v) is 4.77. The quantitative estimate of drug-likeness (QED) is 0.315. The minimum Gasteiger partial charge on any atom is -0.507 e. The highest BCUT2D eigenvalue weighted by Gasteiger charge is 2.36. The van der Waals surface area contributed by atoms with Gasteiger partial charge in [-0.25, -0.2) is 4.39 Å². The molecule has 0 fully saturated rings. The largest absolute Gasteiger partial charge is 0.507 e. The van der Waals surface area contributed by atoms with Crippen molar-refractivity contribution in [2.24, 2.45) is 0 Å². The van der Waals surface area contributed by atoms with Crippen molar-refractivity contribution in [3.8, 4) is 17.2 Å². The van der Waals surface area contributed by atoms with Gasteiger partial charge in [0.15, 0.2) is 5.78 Å². The third-order valence-corrected chi connectivity index (χ3v) is 6.64. The summed E-state index contributed by atoms with van der Waals surface area (Å²) >= 11 is 6.29. The van der Waals surface area contributed by atoms with Crippen LogP contribution in [0.5, 0.6) is 17.2 Å². The van der Waals surface area contributed by atoms with Gasteiger partial charge in [-0.05, 0) is 37.6 Å². The van der Waals surface area contributed by atoms with Crippen LogP contribution in [0.15, 0.2) is 30.5 Å². The van der Waals surface area contributed by atoms with E-state index in [1.165, 1.54) is 26.2 Å². The predicted octanol–water partition coefficient (Wildman–Crippen LogP) is 4.82. The van der Waals surface area contributed by atoms with Crippen LogP contribution in [0, 0.1) is 12.7 Å². The third kappa shape index (κ3) is 4.36. The normalized spacial score (nSPS) is 15.4. The SMILES string of the molecule is COC(=O)C[C@H](c1ccc(F)cc1Cl)c1c(O)c(C(C)=O)cc([C@@H]2OCc3cnc(C)c(O)c32)c1O. The topological polar surface area (TPSA) is 126 Å². The fraction of sp³-hybridized carbons (Fsp3) is 0.269. The molecule has 1 aromatic heterocycles. The average Bonchev–Trinajstić information content (AvgIpc) is 3.25. The molecule has 2 aromatic carbocycles. The highest BCUT2D eigenvalue weighted by molar-refractivity contribution is 6.31. The van der Waals surface area contributed by atoms with Gasteiger partial charge in [-0.15, -0.1) is 0 Å². The second kappa shape index (κ2) is 9.75. The number of aryl methyl sites for hydroxylation is 1. The van der Waals surface area contributed by atoms with E-state index in [4.69, 9.17) is 21.1 Å². The van der Waals surface area contributed by atoms with E-state index in [9.17, 15) is 29.3 Å². The highest BCUT2D eigenvalue weighted by Crippen LogP contribution is 2.51. The molecule has 0 bridgehead atoms. The summed E-state index contributed by atoms with van der Waals surface area (Å²) in [7, 11) is 1.17. The third-order valence-electron chi connectivity index (χ3n) is 6.31. The summed E-state index contributed by atoms with van der Waals surface area (Å²) in [5, 5.41) is 33.2. The number of halogens is 2. The maximum atomic E-state index is 13.8. The Balaban J connectivity index is 2.00. The molecule has 36 heavy (non-hydrogen) atoms. The van der Waals surface area contributed by atoms with E-state index in [0.29, 0.717) is 16.8 Å². The summed E-state index contributed by atoms with van der Waals surface area (Å²) in [6.45, 7) is 2.92. The number of methoxy groups -OCH3 is 1. The van der Waals surface area contributed by atoms with Crippen molar-refractivity contribution in [1.29, 1.82) is 0 Å². The summed E-state index contributed by atoms with van der Waals surface area (Å²) in [6, 6.07) is 4.77. The minimum atomic E-state index is -1.11. The maximum absolute atomic E-state index is 13.8. The van der Waals surface area contributed by atoms with Gasteiger partial charge in [-0.1, -0.05) is 17.7 Å². The molecule has 1 aliphatic heterocycles. The number of aromatic nitrogens is 1. The zero-order valence-electron chi connectivity index (χ0n) is 19.6. The molecule has 0 unspecified atom stereocenters. The molecule has 0 amide bonds. The molecule has 3 N–H and O–H groups in total. The molecule has 10 heteroatoms. The lowest BCUT2D eigenvalue weighted by atomic mass is 9.83. The summed E-state index contributed by atoms with van der Waals surface area (Å²) in [6.07, 6.45) is 0.161. The van der Waals surface area contributed by atoms with Crippen molar-refractivity contribution < 1.29 is 38.8 Å². The Morgan fingerprint density at radius 1 is 1.22 bits per heavy atom. The highest BCUT2D eigenvalue weighted by atomic mass is 35.5. The van der Waals surface area contributed by atoms with Crippen LogP contribution in [0.25, 0.3) is 0 Å². The van der Waals surface area contributed by atoms with Gasteiger partial charge in [-0.2, -0.15) is 0 Å². The number of carbonyl (C=O) groups excluding carboxylic acids is 2. The van der Waals surface area contributed by atoms with Crippen molar-refractivity contribution in [2.45, 2.75) is 38.9 Å². The van der Waals surface area contributed by atoms with Gasteiger partial charge in [0.1, 0.15) is 29.2 Å². The number of benzene rings is 2. The molecule has 188 valence electrons. The second-order valence-corrected chi connectivity index (χ2v) is 8.91. The molecular weight excluding hydrogens is 493 g/mol. The Labute approximate surface area is 210 Å². The number of pyridine rings is 1. The Morgan fingerprint density at radius 2 is 1.94 bits per heavy atom. The molecule has 0 spiro atoms. The molecule has 0 radical (unpaired) electrons. The number of ether oxygens (including phenoxy) is 2. The van der Waals surface area contributed by atoms with Gasteiger partial charge >= 0.3 is 5.97 Å². The first kappa shape index (κ1) is 25.4. The fourth-order valence-electron chi connectivity index (χ4n) is 4.47. The van der Waals surface area contributed by atoms with E-state index in [1.807, 2.05) is 0 Å². The molecule has 0 saturated heterocycles. The van der Waals surface area contributed by atoms with Crippen LogP contribution in [0.3, 0.4) is 0 Å². The second-order valence-electron chi connectivity index (χ2n) is 8.50. The van der Waals surface area contributed by atoms with Crippen LogP contribution in [0.2, 0.25) is 5.02 Å². The monoisotopic (exact) mass is 515 g/mol. The van der Waals surface area contributed by atoms with Crippen LogP contribution in [0.4, 0.5) is 4.39 Å². The van der Waals surface area contributed by atoms with E-state index in [2.05, 4.69) is 4.98 Å². The van der Waals surface area contributed by atoms with Gasteiger partial charge < -0.3 is 24.8 Å². The molecule has 0 saturated carbocycles. The first-order valence-electron chi connectivity index (χ1n) is 10.9. The Kier molecular flexibility index (Phi) is 6.88. The number of hydrogen-bond donors (Lipinski definition) is 3. The lowest BCUT2D eigenvalue weighted by Crippen LogP contribution is -2.14. The maximum Gasteiger partial charge on any atom is 0.306 e. The van der Waals surface area contributed by atoms with Crippen LogP contribution >= 0.6 is 11.6 Å². The number of hydrogen-bond acceptors (Lipinski definition) is 8. The Morgan fingerprint density at radius 3 is 2.58 bits per heavy atom. The summed E-state index contributed by atoms with van der Waals surface area (Å²) in [5.41, 5.74) is 1.28. The van der Waals surface area contributed by atoms with Gasteiger partial charge in [0.25, 0.3) is 0 Å². The summed E-state index contributed by atoms with van der Waals surface area (Å²) in [5.74, 6) is -4.12. The zero-order chi connectivity index (χ0) is 26.3. The van der Waals surface area contributed by atoms with Crippen molar-refractivity contribution in [3.05, 3.63) is 80.4 Å². The number of phenols is 2. The number of Topliss-reactive ketones (excluding diaryl/α,β-unsaturated/α-hetero) is 1. The molecule has 2 heterocycles. The van der Waals surface area contributed by atoms with E-state index >= 15 is 0 Å². The van der Waals surface area contributed by atoms with Gasteiger partial charge in [0.2, 0.25) is 0 Å². The van der Waals surface area contributed by atoms with E-state index in [1.54, 1.807) is 13.1 Å². The van der Waals surface area contributed by atoms with Crippen LogP contribution in [-0.4, -0.2) is 39.2 Å². The van der Waals surface area contributed by atoms with Gasteiger partial charge in [0.05, 0.1) is 31.4 Å². The van der Waals surface area contributed by atoms with Gasteiger partial charge in [0, 0.05) is 39.4 Å². The molecule has 0 aliphatic carbocycles. The number of carbonyl (C=O) groups is 2. The summed E-state index contributed by atoms with van der Waals surface area (Å²) < 4.78 is 24.4. The zero-order valence-corrected chi connectivity index (χ0v) is 20.4. The van der Waals surface area contributed by atoms with Crippen molar-refractivity contribution in [3.63, 3.8) is 0 Å². The number of fused-ring (bicyclic) bond motifs is 1. The number of nitrogens with zero attached hydrogens (tertiary/aromatic N) is 1. The van der Waals surface area contributed by atoms with Crippen molar-refractivity contribution in [1.82, 2.24) is 4.98 Å². The van der Waals surface area contributed by atoms with E-state index in [-0.39, 0.29) is 46.1 Å². The van der Waals surface area contributed by atoms with Gasteiger partial charge in [-0.3, -0.25) is 14.6 Å². The van der Waals surface area contributed by atoms with E-state index in [0.717, 1.165) is 12.1 Å². The standard InChI is InChI=1S/C26H23ClFNO7/c1-11-23(32)21-13(9-29-11)10-36-26(21)18-7-16(12(2)30)24(33)22(25(18)34)17(8-20(31)35-3)15-5-4-14(28)6-19(15)27/h4-7,9,17,26,32-34H,8,10H2,1-3H3/t17-,26+/m1/s1.